The molecule has 3 heteroatoms. The fourth-order valence-corrected chi connectivity index (χ4v) is 3.01. The maximum Gasteiger partial charge on any atom is 0.131 e. The molecule has 0 bridgehead atoms. The van der Waals surface area contributed by atoms with E-state index in [2.05, 4.69) is 44.4 Å². The Bertz CT molecular complexity index is 678. The van der Waals surface area contributed by atoms with E-state index >= 15 is 0 Å². The molecule has 112 valence electrons. The minimum absolute atomic E-state index is 0.624. The second kappa shape index (κ2) is 5.21. The monoisotopic (exact) mass is 283 g/mol. The molecule has 1 aromatic heterocycles. The van der Waals surface area contributed by atoms with Crippen LogP contribution >= 0.6 is 0 Å². The number of hydrogen-bond donors (Lipinski definition) is 1. The highest BCUT2D eigenvalue weighted by atomic mass is 15.1. The molecule has 2 N–H and O–H groups in total. The second-order valence-electron chi connectivity index (χ2n) is 6.38. The van der Waals surface area contributed by atoms with E-state index in [0.717, 1.165) is 24.5 Å². The highest BCUT2D eigenvalue weighted by Gasteiger charge is 2.31. The minimum atomic E-state index is 0.624. The van der Waals surface area contributed by atoms with Gasteiger partial charge in [0.05, 0.1) is 0 Å². The molecule has 1 saturated carbocycles. The maximum atomic E-state index is 6.45. The summed E-state index contributed by atoms with van der Waals surface area (Å²) in [6.07, 6.45) is 3.60. The molecule has 1 heterocycles. The van der Waals surface area contributed by atoms with Crippen molar-refractivity contribution in [1.82, 2.24) is 9.55 Å². The van der Waals surface area contributed by atoms with Gasteiger partial charge >= 0.3 is 0 Å². The Hall–Kier alpha value is -1.77. The Kier molecular flexibility index (Phi) is 3.52. The molecule has 1 aliphatic carbocycles. The van der Waals surface area contributed by atoms with Gasteiger partial charge in [-0.1, -0.05) is 13.0 Å². The van der Waals surface area contributed by atoms with Crippen molar-refractivity contribution < 1.29 is 0 Å². The van der Waals surface area contributed by atoms with E-state index in [1.54, 1.807) is 0 Å². The van der Waals surface area contributed by atoms with Crippen molar-refractivity contribution >= 4 is 5.82 Å². The molecule has 0 atom stereocenters. The van der Waals surface area contributed by atoms with Crippen LogP contribution in [0.1, 0.15) is 54.6 Å². The molecule has 1 aliphatic rings. The first-order chi connectivity index (χ1) is 10.0. The van der Waals surface area contributed by atoms with Gasteiger partial charge in [0, 0.05) is 18.0 Å². The molecule has 3 nitrogen and oxygen atoms in total. The first kappa shape index (κ1) is 14.2. The molecule has 2 aromatic rings. The first-order valence-corrected chi connectivity index (χ1v) is 7.97. The van der Waals surface area contributed by atoms with Gasteiger partial charge in [0.2, 0.25) is 0 Å². The summed E-state index contributed by atoms with van der Waals surface area (Å²) in [6, 6.07) is 4.47. The van der Waals surface area contributed by atoms with Crippen LogP contribution in [0, 0.1) is 20.8 Å². The predicted molar refractivity (Wildman–Crippen MR) is 88.6 cm³/mol. The van der Waals surface area contributed by atoms with Crippen molar-refractivity contribution in [1.29, 1.82) is 0 Å². The highest BCUT2D eigenvalue weighted by molar-refractivity contribution is 5.75. The molecule has 0 amide bonds. The van der Waals surface area contributed by atoms with Gasteiger partial charge in [0.25, 0.3) is 0 Å². The fraction of sp³-hybridized carbons (Fsp3) is 0.500. The smallest absolute Gasteiger partial charge is 0.131 e. The number of hydrogen-bond acceptors (Lipinski definition) is 2. The summed E-state index contributed by atoms with van der Waals surface area (Å²) < 4.78 is 2.24. The third-order valence-electron chi connectivity index (χ3n) is 4.52. The molecule has 0 aliphatic heterocycles. The zero-order valence-electron chi connectivity index (χ0n) is 13.5. The van der Waals surface area contributed by atoms with E-state index in [1.807, 2.05) is 0 Å². The molecule has 0 saturated heterocycles. The van der Waals surface area contributed by atoms with E-state index in [-0.39, 0.29) is 0 Å². The Morgan fingerprint density at radius 3 is 2.43 bits per heavy atom. The van der Waals surface area contributed by atoms with Crippen molar-refractivity contribution in [3.8, 4) is 11.3 Å². The van der Waals surface area contributed by atoms with Crippen molar-refractivity contribution in [2.45, 2.75) is 59.4 Å². The van der Waals surface area contributed by atoms with Gasteiger partial charge in [-0.15, -0.1) is 0 Å². The van der Waals surface area contributed by atoms with Crippen LogP contribution in [0.15, 0.2) is 12.1 Å². The van der Waals surface area contributed by atoms with Gasteiger partial charge in [0.15, 0.2) is 0 Å². The summed E-state index contributed by atoms with van der Waals surface area (Å²) in [5.41, 5.74) is 12.5. The molecule has 1 fully saturated rings. The summed E-state index contributed by atoms with van der Waals surface area (Å²) in [4.78, 5) is 4.93. The lowest BCUT2D eigenvalue weighted by Crippen LogP contribution is -2.06. The molecular formula is C18H25N3. The molecule has 0 unspecified atom stereocenters. The third kappa shape index (κ3) is 2.45. The van der Waals surface area contributed by atoms with Gasteiger partial charge in [0.1, 0.15) is 17.3 Å². The lowest BCUT2D eigenvalue weighted by molar-refractivity contribution is 0.646. The fourth-order valence-electron chi connectivity index (χ4n) is 3.01. The quantitative estimate of drug-likeness (QED) is 0.906. The predicted octanol–water partition coefficient (Wildman–Crippen LogP) is 4.34. The van der Waals surface area contributed by atoms with Gasteiger partial charge in [-0.2, -0.15) is 0 Å². The second-order valence-corrected chi connectivity index (χ2v) is 6.38. The zero-order valence-corrected chi connectivity index (χ0v) is 13.5. The molecule has 3 rings (SSSR count). The SMILES string of the molecule is CCCn1c(C2CC2)nc(-c2cc(C)c(C)cc2C)c1N. The van der Waals surface area contributed by atoms with Crippen molar-refractivity contribution in [3.05, 3.63) is 34.6 Å². The van der Waals surface area contributed by atoms with Crippen LogP contribution in [0.25, 0.3) is 11.3 Å². The molecule has 1 aromatic carbocycles. The van der Waals surface area contributed by atoms with Crippen molar-refractivity contribution in [3.63, 3.8) is 0 Å². The Labute approximate surface area is 127 Å². The normalized spacial score (nSPS) is 14.7. The van der Waals surface area contributed by atoms with E-state index in [9.17, 15) is 0 Å². The van der Waals surface area contributed by atoms with Gasteiger partial charge in [-0.25, -0.2) is 4.98 Å². The van der Waals surface area contributed by atoms with Gasteiger partial charge < -0.3 is 10.3 Å². The summed E-state index contributed by atoms with van der Waals surface area (Å²) in [5, 5.41) is 0. The Balaban J connectivity index is 2.14. The van der Waals surface area contributed by atoms with Crippen LogP contribution in [-0.4, -0.2) is 9.55 Å². The first-order valence-electron chi connectivity index (χ1n) is 7.97. The average molecular weight is 283 g/mol. The summed E-state index contributed by atoms with van der Waals surface area (Å²) >= 11 is 0. The zero-order chi connectivity index (χ0) is 15.1. The summed E-state index contributed by atoms with van der Waals surface area (Å²) in [7, 11) is 0. The molecule has 21 heavy (non-hydrogen) atoms. The molecule has 0 spiro atoms. The lowest BCUT2D eigenvalue weighted by atomic mass is 9.99. The van der Waals surface area contributed by atoms with Gasteiger partial charge in [-0.3, -0.25) is 0 Å². The van der Waals surface area contributed by atoms with Crippen LogP contribution in [0.3, 0.4) is 0 Å². The maximum absolute atomic E-state index is 6.45. The van der Waals surface area contributed by atoms with Crippen LogP contribution in [0.4, 0.5) is 5.82 Å². The Morgan fingerprint density at radius 2 is 1.81 bits per heavy atom. The number of rotatable bonds is 4. The topological polar surface area (TPSA) is 43.8 Å². The number of nitrogens with zero attached hydrogens (tertiary/aromatic N) is 2. The molecule has 0 radical (unpaired) electrons. The van der Waals surface area contributed by atoms with E-state index in [4.69, 9.17) is 10.7 Å². The number of benzene rings is 1. The highest BCUT2D eigenvalue weighted by Crippen LogP contribution is 2.42. The number of anilines is 1. The van der Waals surface area contributed by atoms with E-state index in [1.165, 1.54) is 40.9 Å². The largest absolute Gasteiger partial charge is 0.383 e. The van der Waals surface area contributed by atoms with E-state index in [0.29, 0.717) is 5.92 Å². The Morgan fingerprint density at radius 1 is 1.14 bits per heavy atom. The van der Waals surface area contributed by atoms with Crippen molar-refractivity contribution in [2.24, 2.45) is 0 Å². The number of imidazole rings is 1. The standard InChI is InChI=1S/C18H25N3/c1-5-8-21-17(19)16(20-18(21)14-6-7-14)15-10-12(3)11(2)9-13(15)4/h9-10,14H,5-8,19H2,1-4H3. The third-order valence-corrected chi connectivity index (χ3v) is 4.52. The van der Waals surface area contributed by atoms with Crippen molar-refractivity contribution in [2.75, 3.05) is 5.73 Å². The van der Waals surface area contributed by atoms with Gasteiger partial charge in [-0.05, 0) is 62.8 Å². The number of nitrogen functional groups attached to an aromatic ring is 1. The van der Waals surface area contributed by atoms with Crippen LogP contribution in [-0.2, 0) is 6.54 Å². The van der Waals surface area contributed by atoms with E-state index < -0.39 is 0 Å². The summed E-state index contributed by atoms with van der Waals surface area (Å²) in [5.74, 6) is 2.66. The average Bonchev–Trinajstić information content (AvgIpc) is 3.22. The minimum Gasteiger partial charge on any atom is -0.383 e. The summed E-state index contributed by atoms with van der Waals surface area (Å²) in [6.45, 7) is 9.61. The number of nitrogens with two attached hydrogens (primary N) is 1. The lowest BCUT2D eigenvalue weighted by Gasteiger charge is -2.10. The number of aromatic nitrogens is 2. The molecular weight excluding hydrogens is 258 g/mol. The number of aryl methyl sites for hydroxylation is 3. The van der Waals surface area contributed by atoms with Crippen LogP contribution in [0.2, 0.25) is 0 Å². The van der Waals surface area contributed by atoms with Crippen LogP contribution < -0.4 is 5.73 Å². The van der Waals surface area contributed by atoms with Crippen LogP contribution in [0.5, 0.6) is 0 Å².